The monoisotopic (exact) mass is 370 g/mol. The number of aromatic nitrogens is 1. The van der Waals surface area contributed by atoms with Crippen LogP contribution >= 0.6 is 0 Å². The zero-order valence-electron chi connectivity index (χ0n) is 14.1. The number of aromatic amines is 1. The summed E-state index contributed by atoms with van der Waals surface area (Å²) < 4.78 is 5.18. The van der Waals surface area contributed by atoms with Gasteiger partial charge in [0, 0.05) is 23.2 Å². The Hall–Kier alpha value is -3.95. The van der Waals surface area contributed by atoms with Crippen molar-refractivity contribution in [1.82, 2.24) is 4.98 Å². The van der Waals surface area contributed by atoms with E-state index in [4.69, 9.17) is 4.74 Å². The number of fused-ring (bicyclic) bond motifs is 1. The van der Waals surface area contributed by atoms with Crippen molar-refractivity contribution >= 4 is 33.9 Å². The van der Waals surface area contributed by atoms with Gasteiger partial charge in [0.25, 0.3) is 11.4 Å². The van der Waals surface area contributed by atoms with Gasteiger partial charge in [0.15, 0.2) is 0 Å². The molecule has 0 radical (unpaired) electrons. The van der Waals surface area contributed by atoms with E-state index >= 15 is 0 Å². The van der Waals surface area contributed by atoms with E-state index in [9.17, 15) is 25.0 Å². The smallest absolute Gasteiger partial charge is 0.299 e. The number of carbonyl (C=O) groups excluding carboxylic acids is 1. The molecule has 0 fully saturated rings. The highest BCUT2D eigenvalue weighted by molar-refractivity contribution is 5.97. The minimum absolute atomic E-state index is 0.0404. The summed E-state index contributed by atoms with van der Waals surface area (Å²) in [5.74, 6) is 0.144. The maximum Gasteiger partial charge on any atom is 0.299 e. The number of carbonyl (C=O) groups is 1. The number of H-pyrrole nitrogens is 1. The van der Waals surface area contributed by atoms with E-state index in [2.05, 4.69) is 10.3 Å². The van der Waals surface area contributed by atoms with Crippen molar-refractivity contribution in [2.45, 2.75) is 6.42 Å². The number of benzene rings is 2. The molecular weight excluding hydrogens is 356 g/mol. The lowest BCUT2D eigenvalue weighted by Crippen LogP contribution is -2.15. The minimum Gasteiger partial charge on any atom is -0.497 e. The number of rotatable bonds is 6. The molecule has 0 aliphatic heterocycles. The Labute approximate surface area is 152 Å². The summed E-state index contributed by atoms with van der Waals surface area (Å²) in [6.45, 7) is 0. The van der Waals surface area contributed by atoms with Crippen LogP contribution in [0.25, 0.3) is 10.9 Å². The van der Waals surface area contributed by atoms with Crippen LogP contribution in [0.5, 0.6) is 5.75 Å². The lowest BCUT2D eigenvalue weighted by atomic mass is 10.1. The van der Waals surface area contributed by atoms with Gasteiger partial charge in [0.2, 0.25) is 5.91 Å². The number of anilines is 1. The molecule has 27 heavy (non-hydrogen) atoms. The molecule has 0 aliphatic rings. The van der Waals surface area contributed by atoms with Gasteiger partial charge in [-0.1, -0.05) is 0 Å². The Balaban J connectivity index is 1.84. The molecule has 1 heterocycles. The Kier molecular flexibility index (Phi) is 4.71. The van der Waals surface area contributed by atoms with Crippen molar-refractivity contribution in [3.05, 3.63) is 68.4 Å². The normalized spacial score (nSPS) is 10.6. The number of amides is 1. The first-order chi connectivity index (χ1) is 12.9. The molecule has 138 valence electrons. The summed E-state index contributed by atoms with van der Waals surface area (Å²) in [7, 11) is 1.54. The van der Waals surface area contributed by atoms with Crippen molar-refractivity contribution in [1.29, 1.82) is 0 Å². The van der Waals surface area contributed by atoms with E-state index in [-0.39, 0.29) is 12.1 Å². The Morgan fingerprint density at radius 1 is 1.15 bits per heavy atom. The zero-order chi connectivity index (χ0) is 19.6. The second kappa shape index (κ2) is 7.12. The molecule has 2 aromatic carbocycles. The second-order valence-electron chi connectivity index (χ2n) is 5.67. The fraction of sp³-hybridized carbons (Fsp3) is 0.118. The van der Waals surface area contributed by atoms with E-state index in [1.807, 2.05) is 6.07 Å². The quantitative estimate of drug-likeness (QED) is 0.504. The molecule has 0 unspecified atom stereocenters. The fourth-order valence-corrected chi connectivity index (χ4v) is 2.69. The lowest BCUT2D eigenvalue weighted by molar-refractivity contribution is -0.393. The van der Waals surface area contributed by atoms with Gasteiger partial charge in [0.1, 0.15) is 11.4 Å². The van der Waals surface area contributed by atoms with E-state index in [0.717, 1.165) is 29.1 Å². The molecule has 1 amide bonds. The van der Waals surface area contributed by atoms with Crippen LogP contribution in [0.15, 0.2) is 42.6 Å². The number of hydrogen-bond donors (Lipinski definition) is 2. The predicted molar refractivity (Wildman–Crippen MR) is 96.9 cm³/mol. The lowest BCUT2D eigenvalue weighted by Gasteiger charge is -2.06. The Morgan fingerprint density at radius 3 is 2.59 bits per heavy atom. The maximum atomic E-state index is 12.4. The second-order valence-corrected chi connectivity index (χ2v) is 5.67. The molecule has 0 atom stereocenters. The maximum absolute atomic E-state index is 12.4. The first-order valence-corrected chi connectivity index (χ1v) is 7.75. The van der Waals surface area contributed by atoms with Crippen molar-refractivity contribution in [2.75, 3.05) is 12.4 Å². The third-order valence-corrected chi connectivity index (χ3v) is 3.99. The molecular formula is C17H14N4O6. The summed E-state index contributed by atoms with van der Waals surface area (Å²) in [4.78, 5) is 35.8. The number of methoxy groups -OCH3 is 1. The molecule has 2 N–H and O–H groups in total. The Bertz CT molecular complexity index is 1060. The topological polar surface area (TPSA) is 140 Å². The van der Waals surface area contributed by atoms with Crippen LogP contribution in [0.3, 0.4) is 0 Å². The highest BCUT2D eigenvalue weighted by atomic mass is 16.6. The number of nitrogens with zero attached hydrogens (tertiary/aromatic N) is 2. The van der Waals surface area contributed by atoms with Gasteiger partial charge in [-0.3, -0.25) is 25.0 Å². The summed E-state index contributed by atoms with van der Waals surface area (Å²) in [6, 6.07) is 8.43. The first kappa shape index (κ1) is 17.9. The summed E-state index contributed by atoms with van der Waals surface area (Å²) in [6.07, 6.45) is 1.63. The van der Waals surface area contributed by atoms with Gasteiger partial charge in [-0.15, -0.1) is 0 Å². The van der Waals surface area contributed by atoms with Gasteiger partial charge in [0.05, 0.1) is 29.4 Å². The Morgan fingerprint density at radius 2 is 1.93 bits per heavy atom. The molecule has 3 rings (SSSR count). The van der Waals surface area contributed by atoms with Crippen molar-refractivity contribution in [3.8, 4) is 5.75 Å². The minimum atomic E-state index is -0.779. The van der Waals surface area contributed by atoms with Gasteiger partial charge in [-0.05, 0) is 29.8 Å². The van der Waals surface area contributed by atoms with Crippen LogP contribution in [0, 0.1) is 20.2 Å². The fourth-order valence-electron chi connectivity index (χ4n) is 2.69. The number of nitrogens with one attached hydrogen (secondary N) is 2. The number of nitro benzene ring substituents is 2. The average Bonchev–Trinajstić information content (AvgIpc) is 3.03. The molecule has 1 aromatic heterocycles. The van der Waals surface area contributed by atoms with E-state index in [1.165, 1.54) is 7.11 Å². The van der Waals surface area contributed by atoms with Gasteiger partial charge < -0.3 is 15.0 Å². The SMILES string of the molecule is COc1ccc2[nH]cc(CC(=O)Nc3ccc([N+](=O)[O-])cc3[N+](=O)[O-])c2c1. The van der Waals surface area contributed by atoms with Crippen LogP contribution in [0.4, 0.5) is 17.1 Å². The summed E-state index contributed by atoms with van der Waals surface area (Å²) in [5, 5.41) is 25.2. The van der Waals surface area contributed by atoms with Crippen LogP contribution in [0.2, 0.25) is 0 Å². The molecule has 0 saturated carbocycles. The van der Waals surface area contributed by atoms with Crippen molar-refractivity contribution < 1.29 is 19.4 Å². The predicted octanol–water partition coefficient (Wildman–Crippen LogP) is 3.17. The number of non-ortho nitro benzene ring substituents is 1. The molecule has 3 aromatic rings. The third-order valence-electron chi connectivity index (χ3n) is 3.99. The van der Waals surface area contributed by atoms with Gasteiger partial charge in [-0.2, -0.15) is 0 Å². The van der Waals surface area contributed by atoms with Crippen LogP contribution in [0.1, 0.15) is 5.56 Å². The van der Waals surface area contributed by atoms with E-state index < -0.39 is 27.1 Å². The highest BCUT2D eigenvalue weighted by Crippen LogP contribution is 2.29. The standard InChI is InChI=1S/C17H14N4O6/c1-27-12-3-5-14-13(8-12)10(9-18-14)6-17(22)19-15-4-2-11(20(23)24)7-16(15)21(25)26/h2-5,7-9,18H,6H2,1H3,(H,19,22). The highest BCUT2D eigenvalue weighted by Gasteiger charge is 2.21. The zero-order valence-corrected chi connectivity index (χ0v) is 14.1. The van der Waals surface area contributed by atoms with E-state index in [0.29, 0.717) is 11.3 Å². The number of ether oxygens (including phenoxy) is 1. The number of nitro groups is 2. The summed E-state index contributed by atoms with van der Waals surface area (Å²) >= 11 is 0. The summed E-state index contributed by atoms with van der Waals surface area (Å²) in [5.41, 5.74) is 0.431. The largest absolute Gasteiger partial charge is 0.497 e. The molecule has 0 aliphatic carbocycles. The number of hydrogen-bond acceptors (Lipinski definition) is 6. The van der Waals surface area contributed by atoms with Crippen LogP contribution in [-0.4, -0.2) is 27.8 Å². The molecule has 0 bridgehead atoms. The molecule has 10 nitrogen and oxygen atoms in total. The average molecular weight is 370 g/mol. The third kappa shape index (κ3) is 3.68. The first-order valence-electron chi connectivity index (χ1n) is 7.75. The van der Waals surface area contributed by atoms with Gasteiger partial charge >= 0.3 is 0 Å². The van der Waals surface area contributed by atoms with Crippen LogP contribution in [-0.2, 0) is 11.2 Å². The molecule has 0 saturated heterocycles. The van der Waals surface area contributed by atoms with E-state index in [1.54, 1.807) is 18.3 Å². The van der Waals surface area contributed by atoms with Crippen molar-refractivity contribution in [2.24, 2.45) is 0 Å². The van der Waals surface area contributed by atoms with Crippen molar-refractivity contribution in [3.63, 3.8) is 0 Å². The molecule has 10 heteroatoms. The van der Waals surface area contributed by atoms with Gasteiger partial charge in [-0.25, -0.2) is 0 Å². The molecule has 0 spiro atoms. The van der Waals surface area contributed by atoms with Crippen LogP contribution < -0.4 is 10.1 Å².